The van der Waals surface area contributed by atoms with Crippen LogP contribution in [-0.4, -0.2) is 17.5 Å². The molecule has 1 saturated carbocycles. The number of nitrogens with one attached hydrogen (secondary N) is 1. The van der Waals surface area contributed by atoms with E-state index in [1.54, 1.807) is 0 Å². The molecule has 1 aliphatic carbocycles. The third-order valence-corrected chi connectivity index (χ3v) is 3.52. The molecule has 15 heavy (non-hydrogen) atoms. The lowest BCUT2D eigenvalue weighted by atomic mass is 9.75. The van der Waals surface area contributed by atoms with Gasteiger partial charge in [0.05, 0.1) is 5.54 Å². The standard InChI is InChI=1S/C12H24N2O/c1-9(2)14-12(3,11(13)15)10-7-5-4-6-8-10/h9-10,14H,4-8H2,1-3H3,(H2,13,15). The van der Waals surface area contributed by atoms with E-state index in [0.29, 0.717) is 12.0 Å². The van der Waals surface area contributed by atoms with E-state index in [1.807, 2.05) is 6.92 Å². The monoisotopic (exact) mass is 212 g/mol. The first-order chi connectivity index (χ1) is 6.97. The fourth-order valence-electron chi connectivity index (χ4n) is 2.67. The number of carbonyl (C=O) groups excluding carboxylic acids is 1. The Kier molecular flexibility index (Phi) is 4.14. The summed E-state index contributed by atoms with van der Waals surface area (Å²) in [5, 5.41) is 3.35. The molecule has 3 N–H and O–H groups in total. The fourth-order valence-corrected chi connectivity index (χ4v) is 2.67. The smallest absolute Gasteiger partial charge is 0.237 e. The molecular weight excluding hydrogens is 188 g/mol. The normalized spacial score (nSPS) is 22.7. The Morgan fingerprint density at radius 2 is 1.87 bits per heavy atom. The van der Waals surface area contributed by atoms with Gasteiger partial charge in [0.2, 0.25) is 5.91 Å². The van der Waals surface area contributed by atoms with E-state index in [2.05, 4.69) is 19.2 Å². The quantitative estimate of drug-likeness (QED) is 0.746. The van der Waals surface area contributed by atoms with Crippen LogP contribution in [0, 0.1) is 5.92 Å². The van der Waals surface area contributed by atoms with E-state index in [0.717, 1.165) is 12.8 Å². The molecule has 0 aromatic carbocycles. The van der Waals surface area contributed by atoms with Crippen LogP contribution in [0.3, 0.4) is 0 Å². The lowest BCUT2D eigenvalue weighted by Gasteiger charge is -2.39. The molecule has 1 rings (SSSR count). The van der Waals surface area contributed by atoms with E-state index in [9.17, 15) is 4.79 Å². The van der Waals surface area contributed by atoms with Crippen molar-refractivity contribution in [3.05, 3.63) is 0 Å². The summed E-state index contributed by atoms with van der Waals surface area (Å²) < 4.78 is 0. The highest BCUT2D eigenvalue weighted by Crippen LogP contribution is 2.32. The van der Waals surface area contributed by atoms with Crippen molar-refractivity contribution in [3.8, 4) is 0 Å². The van der Waals surface area contributed by atoms with Gasteiger partial charge in [-0.2, -0.15) is 0 Å². The Bertz CT molecular complexity index is 222. The van der Waals surface area contributed by atoms with Crippen LogP contribution < -0.4 is 11.1 Å². The van der Waals surface area contributed by atoms with Crippen LogP contribution >= 0.6 is 0 Å². The summed E-state index contributed by atoms with van der Waals surface area (Å²) in [5.74, 6) is 0.203. The first kappa shape index (κ1) is 12.5. The molecule has 0 aromatic heterocycles. The Hall–Kier alpha value is -0.570. The van der Waals surface area contributed by atoms with Gasteiger partial charge in [-0.05, 0) is 39.5 Å². The molecule has 1 atom stereocenters. The second kappa shape index (κ2) is 4.97. The average Bonchev–Trinajstić information content (AvgIpc) is 2.17. The summed E-state index contributed by atoms with van der Waals surface area (Å²) in [4.78, 5) is 11.6. The molecule has 0 bridgehead atoms. The maximum Gasteiger partial charge on any atom is 0.237 e. The molecule has 1 amide bonds. The molecule has 3 nitrogen and oxygen atoms in total. The van der Waals surface area contributed by atoms with E-state index < -0.39 is 5.54 Å². The highest BCUT2D eigenvalue weighted by Gasteiger charge is 2.40. The minimum Gasteiger partial charge on any atom is -0.368 e. The number of hydrogen-bond donors (Lipinski definition) is 2. The Labute approximate surface area is 92.8 Å². The Balaban J connectivity index is 2.74. The van der Waals surface area contributed by atoms with Gasteiger partial charge in [-0.15, -0.1) is 0 Å². The van der Waals surface area contributed by atoms with Crippen LogP contribution in [0.1, 0.15) is 52.9 Å². The molecule has 0 heterocycles. The van der Waals surface area contributed by atoms with Crippen LogP contribution in [0.2, 0.25) is 0 Å². The molecule has 1 fully saturated rings. The second-order valence-corrected chi connectivity index (χ2v) is 5.20. The zero-order valence-corrected chi connectivity index (χ0v) is 10.2. The highest BCUT2D eigenvalue weighted by atomic mass is 16.1. The van der Waals surface area contributed by atoms with Gasteiger partial charge in [-0.3, -0.25) is 4.79 Å². The van der Waals surface area contributed by atoms with E-state index in [4.69, 9.17) is 5.73 Å². The van der Waals surface area contributed by atoms with E-state index in [1.165, 1.54) is 19.3 Å². The average molecular weight is 212 g/mol. The van der Waals surface area contributed by atoms with Crippen LogP contribution in [0.15, 0.2) is 0 Å². The number of nitrogens with two attached hydrogens (primary N) is 1. The van der Waals surface area contributed by atoms with Crippen molar-refractivity contribution in [2.24, 2.45) is 11.7 Å². The number of primary amides is 1. The number of amides is 1. The first-order valence-electron chi connectivity index (χ1n) is 6.04. The fraction of sp³-hybridized carbons (Fsp3) is 0.917. The SMILES string of the molecule is CC(C)NC(C)(C(N)=O)C1CCCCC1. The van der Waals surface area contributed by atoms with Gasteiger partial charge >= 0.3 is 0 Å². The lowest BCUT2D eigenvalue weighted by molar-refractivity contribution is -0.126. The molecular formula is C12H24N2O. The number of hydrogen-bond acceptors (Lipinski definition) is 2. The van der Waals surface area contributed by atoms with Crippen molar-refractivity contribution in [1.82, 2.24) is 5.32 Å². The molecule has 0 radical (unpaired) electrons. The van der Waals surface area contributed by atoms with Gasteiger partial charge in [0.1, 0.15) is 0 Å². The van der Waals surface area contributed by atoms with E-state index >= 15 is 0 Å². The third kappa shape index (κ3) is 2.94. The molecule has 1 aliphatic rings. The molecule has 0 saturated heterocycles. The van der Waals surface area contributed by atoms with Gasteiger partial charge in [0, 0.05) is 6.04 Å². The van der Waals surface area contributed by atoms with Crippen LogP contribution in [0.5, 0.6) is 0 Å². The van der Waals surface area contributed by atoms with Crippen molar-refractivity contribution < 1.29 is 4.79 Å². The minimum atomic E-state index is -0.519. The number of rotatable bonds is 4. The Morgan fingerprint density at radius 3 is 2.27 bits per heavy atom. The van der Waals surface area contributed by atoms with Crippen LogP contribution in [-0.2, 0) is 4.79 Å². The second-order valence-electron chi connectivity index (χ2n) is 5.20. The summed E-state index contributed by atoms with van der Waals surface area (Å²) in [7, 11) is 0. The van der Waals surface area contributed by atoms with Crippen LogP contribution in [0.4, 0.5) is 0 Å². The highest BCUT2D eigenvalue weighted by molar-refractivity contribution is 5.84. The molecule has 0 spiro atoms. The largest absolute Gasteiger partial charge is 0.368 e. The summed E-state index contributed by atoms with van der Waals surface area (Å²) in [6.07, 6.45) is 6.01. The zero-order chi connectivity index (χ0) is 11.5. The molecule has 3 heteroatoms. The lowest BCUT2D eigenvalue weighted by Crippen LogP contribution is -2.60. The minimum absolute atomic E-state index is 0.205. The topological polar surface area (TPSA) is 55.1 Å². The van der Waals surface area contributed by atoms with Crippen molar-refractivity contribution in [2.75, 3.05) is 0 Å². The Morgan fingerprint density at radius 1 is 1.33 bits per heavy atom. The molecule has 0 aromatic rings. The maximum atomic E-state index is 11.6. The van der Waals surface area contributed by atoms with Crippen molar-refractivity contribution in [3.63, 3.8) is 0 Å². The van der Waals surface area contributed by atoms with Crippen molar-refractivity contribution >= 4 is 5.91 Å². The van der Waals surface area contributed by atoms with Gasteiger partial charge in [0.25, 0.3) is 0 Å². The molecule has 88 valence electrons. The zero-order valence-electron chi connectivity index (χ0n) is 10.2. The third-order valence-electron chi connectivity index (χ3n) is 3.52. The summed E-state index contributed by atoms with van der Waals surface area (Å²) in [6, 6.07) is 0.296. The maximum absolute atomic E-state index is 11.6. The van der Waals surface area contributed by atoms with Crippen molar-refractivity contribution in [1.29, 1.82) is 0 Å². The first-order valence-corrected chi connectivity index (χ1v) is 6.04. The molecule has 1 unspecified atom stereocenters. The summed E-state index contributed by atoms with van der Waals surface area (Å²) in [6.45, 7) is 6.08. The predicted molar refractivity (Wildman–Crippen MR) is 62.4 cm³/mol. The van der Waals surface area contributed by atoms with Gasteiger partial charge in [-0.25, -0.2) is 0 Å². The van der Waals surface area contributed by atoms with Gasteiger partial charge in [-0.1, -0.05) is 19.3 Å². The number of carbonyl (C=O) groups is 1. The predicted octanol–water partition coefficient (Wildman–Crippen LogP) is 1.81. The van der Waals surface area contributed by atoms with Crippen LogP contribution in [0.25, 0.3) is 0 Å². The summed E-state index contributed by atoms with van der Waals surface area (Å²) in [5.41, 5.74) is 5.03. The van der Waals surface area contributed by atoms with Crippen molar-refractivity contribution in [2.45, 2.75) is 64.5 Å². The molecule has 0 aliphatic heterocycles. The van der Waals surface area contributed by atoms with Gasteiger partial charge in [0.15, 0.2) is 0 Å². The van der Waals surface area contributed by atoms with Gasteiger partial charge < -0.3 is 11.1 Å². The van der Waals surface area contributed by atoms with E-state index in [-0.39, 0.29) is 5.91 Å². The summed E-state index contributed by atoms with van der Waals surface area (Å²) >= 11 is 0.